The van der Waals surface area contributed by atoms with Crippen LogP contribution in [0.2, 0.25) is 0 Å². The summed E-state index contributed by atoms with van der Waals surface area (Å²) < 4.78 is 32.4. The van der Waals surface area contributed by atoms with E-state index in [1.54, 1.807) is 19.2 Å². The molecule has 4 nitrogen and oxygen atoms in total. The lowest BCUT2D eigenvalue weighted by Gasteiger charge is -2.26. The fourth-order valence-corrected chi connectivity index (χ4v) is 4.67. The van der Waals surface area contributed by atoms with Crippen LogP contribution in [-0.2, 0) is 10.0 Å². The van der Waals surface area contributed by atoms with Crippen LogP contribution in [0.4, 0.5) is 0 Å². The number of allylic oxidation sites excluding steroid dienone is 1. The van der Waals surface area contributed by atoms with E-state index >= 15 is 0 Å². The van der Waals surface area contributed by atoms with Crippen LogP contribution in [0.3, 0.4) is 0 Å². The molecular formula is C24H27NO3S. The molecule has 0 aliphatic carbocycles. The minimum atomic E-state index is -3.47. The Balaban J connectivity index is 1.56. The van der Waals surface area contributed by atoms with Crippen LogP contribution in [0.5, 0.6) is 5.75 Å². The maximum absolute atomic E-state index is 12.9. The zero-order valence-electron chi connectivity index (χ0n) is 17.0. The molecule has 3 rings (SSSR count). The maximum Gasteiger partial charge on any atom is 0.263 e. The predicted octanol–water partition coefficient (Wildman–Crippen LogP) is 4.89. The van der Waals surface area contributed by atoms with Crippen molar-refractivity contribution >= 4 is 10.0 Å². The predicted molar refractivity (Wildman–Crippen MR) is 116 cm³/mol. The molecule has 2 aromatic rings. The van der Waals surface area contributed by atoms with Gasteiger partial charge in [-0.2, -0.15) is 0 Å². The van der Waals surface area contributed by atoms with Crippen molar-refractivity contribution in [1.82, 2.24) is 4.31 Å². The first-order chi connectivity index (χ1) is 14.0. The Morgan fingerprint density at radius 1 is 1.07 bits per heavy atom. The van der Waals surface area contributed by atoms with Crippen LogP contribution >= 0.6 is 0 Å². The van der Waals surface area contributed by atoms with Crippen LogP contribution in [0, 0.1) is 18.8 Å². The van der Waals surface area contributed by atoms with Gasteiger partial charge in [-0.3, -0.25) is 4.31 Å². The summed E-state index contributed by atoms with van der Waals surface area (Å²) in [6.07, 6.45) is 6.22. The van der Waals surface area contributed by atoms with Gasteiger partial charge >= 0.3 is 0 Å². The molecule has 5 heteroatoms. The van der Waals surface area contributed by atoms with Crippen LogP contribution in [0.15, 0.2) is 65.2 Å². The minimum Gasteiger partial charge on any atom is -0.497 e. The molecule has 0 bridgehead atoms. The van der Waals surface area contributed by atoms with Gasteiger partial charge in [0.1, 0.15) is 5.75 Å². The average molecular weight is 410 g/mol. The van der Waals surface area contributed by atoms with Crippen LogP contribution in [0.25, 0.3) is 0 Å². The SMILES string of the molecule is COc1ccc(C#CCCCC2=CN(S(=O)(=O)c3ccc(C)cc3)CCC2)cc1. The largest absolute Gasteiger partial charge is 0.497 e. The lowest BCUT2D eigenvalue weighted by Crippen LogP contribution is -2.30. The Hall–Kier alpha value is -2.71. The fraction of sp³-hybridized carbons (Fsp3) is 0.333. The molecule has 29 heavy (non-hydrogen) atoms. The second-order valence-electron chi connectivity index (χ2n) is 7.20. The smallest absolute Gasteiger partial charge is 0.263 e. The number of benzene rings is 2. The molecule has 0 N–H and O–H groups in total. The Morgan fingerprint density at radius 2 is 1.79 bits per heavy atom. The average Bonchev–Trinajstić information content (AvgIpc) is 2.74. The summed E-state index contributed by atoms with van der Waals surface area (Å²) in [6, 6.07) is 14.7. The summed E-state index contributed by atoms with van der Waals surface area (Å²) in [5.41, 5.74) is 3.20. The molecule has 0 fully saturated rings. The monoisotopic (exact) mass is 409 g/mol. The zero-order valence-corrected chi connectivity index (χ0v) is 17.8. The van der Waals surface area contributed by atoms with Gasteiger partial charge in [-0.05, 0) is 69.0 Å². The number of rotatable bonds is 6. The van der Waals surface area contributed by atoms with E-state index in [0.29, 0.717) is 11.4 Å². The van der Waals surface area contributed by atoms with E-state index in [1.165, 1.54) is 9.88 Å². The molecule has 0 saturated heterocycles. The third-order valence-electron chi connectivity index (χ3n) is 4.95. The molecule has 152 valence electrons. The molecule has 0 unspecified atom stereocenters. The molecule has 0 saturated carbocycles. The Kier molecular flexibility index (Phi) is 7.00. The van der Waals surface area contributed by atoms with E-state index in [0.717, 1.165) is 49.0 Å². The first-order valence-electron chi connectivity index (χ1n) is 9.90. The second kappa shape index (κ2) is 9.67. The quantitative estimate of drug-likeness (QED) is 0.504. The van der Waals surface area contributed by atoms with E-state index in [2.05, 4.69) is 11.8 Å². The van der Waals surface area contributed by atoms with Gasteiger partial charge in [-0.1, -0.05) is 35.1 Å². The zero-order chi connectivity index (χ0) is 20.7. The number of ether oxygens (including phenoxy) is 1. The van der Waals surface area contributed by atoms with Crippen molar-refractivity contribution in [1.29, 1.82) is 0 Å². The lowest BCUT2D eigenvalue weighted by molar-refractivity contribution is 0.415. The van der Waals surface area contributed by atoms with Gasteiger partial charge in [0, 0.05) is 24.7 Å². The van der Waals surface area contributed by atoms with E-state index in [-0.39, 0.29) is 0 Å². The van der Waals surface area contributed by atoms with Gasteiger partial charge in [0.2, 0.25) is 0 Å². The van der Waals surface area contributed by atoms with Crippen molar-refractivity contribution in [2.45, 2.75) is 43.9 Å². The highest BCUT2D eigenvalue weighted by atomic mass is 32.2. The van der Waals surface area contributed by atoms with Crippen molar-refractivity contribution in [3.05, 3.63) is 71.4 Å². The Morgan fingerprint density at radius 3 is 2.48 bits per heavy atom. The summed E-state index contributed by atoms with van der Waals surface area (Å²) in [6.45, 7) is 2.49. The van der Waals surface area contributed by atoms with Crippen molar-refractivity contribution < 1.29 is 13.2 Å². The summed E-state index contributed by atoms with van der Waals surface area (Å²) in [5, 5.41) is 0. The highest BCUT2D eigenvalue weighted by Gasteiger charge is 2.24. The van der Waals surface area contributed by atoms with Crippen molar-refractivity contribution in [2.75, 3.05) is 13.7 Å². The van der Waals surface area contributed by atoms with E-state index in [4.69, 9.17) is 4.74 Å². The number of methoxy groups -OCH3 is 1. The first-order valence-corrected chi connectivity index (χ1v) is 11.3. The third-order valence-corrected chi connectivity index (χ3v) is 6.73. The minimum absolute atomic E-state index is 0.353. The molecule has 0 spiro atoms. The number of sulfonamides is 1. The van der Waals surface area contributed by atoms with E-state index in [1.807, 2.05) is 49.5 Å². The van der Waals surface area contributed by atoms with Gasteiger partial charge in [-0.15, -0.1) is 0 Å². The van der Waals surface area contributed by atoms with E-state index in [9.17, 15) is 8.42 Å². The maximum atomic E-state index is 12.9. The third kappa shape index (κ3) is 5.65. The van der Waals surface area contributed by atoms with E-state index < -0.39 is 10.0 Å². The van der Waals surface area contributed by atoms with Crippen molar-refractivity contribution in [2.24, 2.45) is 0 Å². The normalized spacial score (nSPS) is 14.0. The van der Waals surface area contributed by atoms with Crippen LogP contribution < -0.4 is 4.74 Å². The summed E-state index contributed by atoms with van der Waals surface area (Å²) >= 11 is 0. The van der Waals surface area contributed by atoms with Gasteiger partial charge in [0.15, 0.2) is 0 Å². The second-order valence-corrected chi connectivity index (χ2v) is 9.09. The summed E-state index contributed by atoms with van der Waals surface area (Å²) in [7, 11) is -1.82. The summed E-state index contributed by atoms with van der Waals surface area (Å²) in [5.74, 6) is 7.19. The molecule has 0 amide bonds. The van der Waals surface area contributed by atoms with Crippen molar-refractivity contribution in [3.63, 3.8) is 0 Å². The standard InChI is InChI=1S/C24H27NO3S/c1-20-10-16-24(17-11-20)29(26,27)25-18-6-9-22(19-25)8-5-3-4-7-21-12-14-23(28-2)15-13-21/h10-17,19H,3,5-6,8-9,18H2,1-2H3. The number of nitrogens with zero attached hydrogens (tertiary/aromatic N) is 1. The van der Waals surface area contributed by atoms with Gasteiger partial charge in [-0.25, -0.2) is 8.42 Å². The molecule has 0 aromatic heterocycles. The molecule has 1 aliphatic heterocycles. The lowest BCUT2D eigenvalue weighted by atomic mass is 10.0. The molecule has 0 radical (unpaired) electrons. The van der Waals surface area contributed by atoms with Gasteiger partial charge in [0.05, 0.1) is 12.0 Å². The number of hydrogen-bond acceptors (Lipinski definition) is 3. The Bertz CT molecular complexity index is 1010. The molecule has 2 aromatic carbocycles. The number of aryl methyl sites for hydroxylation is 1. The first kappa shape index (κ1) is 21.0. The molecule has 1 heterocycles. The highest BCUT2D eigenvalue weighted by molar-refractivity contribution is 7.89. The van der Waals surface area contributed by atoms with Crippen LogP contribution in [0.1, 0.15) is 43.2 Å². The molecule has 1 aliphatic rings. The Labute approximate surface area is 174 Å². The van der Waals surface area contributed by atoms with Crippen molar-refractivity contribution in [3.8, 4) is 17.6 Å². The highest BCUT2D eigenvalue weighted by Crippen LogP contribution is 2.25. The number of hydrogen-bond donors (Lipinski definition) is 0. The topological polar surface area (TPSA) is 46.6 Å². The van der Waals surface area contributed by atoms with Crippen LogP contribution in [-0.4, -0.2) is 26.4 Å². The fourth-order valence-electron chi connectivity index (χ4n) is 3.26. The summed E-state index contributed by atoms with van der Waals surface area (Å²) in [4.78, 5) is 0.353. The molecule has 0 atom stereocenters. The van der Waals surface area contributed by atoms with Gasteiger partial charge in [0.25, 0.3) is 10.0 Å². The number of unbranched alkanes of at least 4 members (excludes halogenated alkanes) is 1. The molecular weight excluding hydrogens is 382 g/mol. The van der Waals surface area contributed by atoms with Gasteiger partial charge < -0.3 is 4.74 Å².